The molecule has 3 atom stereocenters. The van der Waals surface area contributed by atoms with Crippen LogP contribution in [0.1, 0.15) is 48.1 Å². The minimum atomic E-state index is -1.83. The molecular weight excluding hydrogens is 454 g/mol. The van der Waals surface area contributed by atoms with Gasteiger partial charge in [-0.05, 0) is 47.9 Å². The fourth-order valence-electron chi connectivity index (χ4n) is 6.59. The number of benzene rings is 3. The van der Waals surface area contributed by atoms with Crippen molar-refractivity contribution in [2.75, 3.05) is 31.6 Å². The van der Waals surface area contributed by atoms with Crippen LogP contribution in [0.3, 0.4) is 0 Å². The van der Waals surface area contributed by atoms with Gasteiger partial charge in [0.25, 0.3) is 5.91 Å². The zero-order valence-corrected chi connectivity index (χ0v) is 20.4. The molecular formula is C29H31N3O4. The van der Waals surface area contributed by atoms with E-state index in [1.165, 1.54) is 0 Å². The molecule has 6 rings (SSSR count). The van der Waals surface area contributed by atoms with E-state index in [0.717, 1.165) is 47.8 Å². The van der Waals surface area contributed by atoms with E-state index in [9.17, 15) is 19.8 Å². The Morgan fingerprint density at radius 3 is 2.44 bits per heavy atom. The van der Waals surface area contributed by atoms with Gasteiger partial charge in [-0.15, -0.1) is 0 Å². The lowest BCUT2D eigenvalue weighted by Gasteiger charge is -2.41. The van der Waals surface area contributed by atoms with Gasteiger partial charge in [0.15, 0.2) is 5.60 Å². The highest BCUT2D eigenvalue weighted by atomic mass is 16.3. The molecule has 0 spiro atoms. The van der Waals surface area contributed by atoms with E-state index < -0.39 is 17.6 Å². The number of carbonyl (C=O) groups is 2. The van der Waals surface area contributed by atoms with E-state index in [2.05, 4.69) is 34.5 Å². The van der Waals surface area contributed by atoms with Crippen molar-refractivity contribution in [3.8, 4) is 0 Å². The first-order chi connectivity index (χ1) is 17.4. The van der Waals surface area contributed by atoms with E-state index in [-0.39, 0.29) is 30.8 Å². The number of aliphatic hydroxyl groups is 2. The summed E-state index contributed by atoms with van der Waals surface area (Å²) in [6.45, 7) is 1.55. The zero-order chi connectivity index (χ0) is 25.0. The zero-order valence-electron chi connectivity index (χ0n) is 20.4. The Labute approximate surface area is 210 Å². The molecule has 1 amide bonds. The van der Waals surface area contributed by atoms with E-state index >= 15 is 0 Å². The molecule has 1 fully saturated rings. The van der Waals surface area contributed by atoms with Gasteiger partial charge in [0.1, 0.15) is 5.78 Å². The van der Waals surface area contributed by atoms with Gasteiger partial charge >= 0.3 is 0 Å². The number of nitrogens with one attached hydrogen (secondary N) is 1. The number of hydrogen-bond acceptors (Lipinski definition) is 6. The molecule has 0 bridgehead atoms. The highest BCUT2D eigenvalue weighted by Crippen LogP contribution is 2.49. The number of carbonyl (C=O) groups excluding carboxylic acids is 2. The number of amides is 1. The molecule has 36 heavy (non-hydrogen) atoms. The summed E-state index contributed by atoms with van der Waals surface area (Å²) in [5, 5.41) is 27.8. The highest BCUT2D eigenvalue weighted by Gasteiger charge is 2.53. The molecule has 0 saturated carbocycles. The number of anilines is 1. The van der Waals surface area contributed by atoms with Crippen molar-refractivity contribution in [3.05, 3.63) is 77.4 Å². The molecule has 3 aliphatic rings. The normalized spacial score (nSPS) is 26.1. The first kappa shape index (κ1) is 23.3. The summed E-state index contributed by atoms with van der Waals surface area (Å²) in [5.74, 6) is -0.617. The second-order valence-electron chi connectivity index (χ2n) is 10.2. The fraction of sp³-hybridized carbons (Fsp3) is 0.379. The average Bonchev–Trinajstić information content (AvgIpc) is 3.29. The van der Waals surface area contributed by atoms with Crippen molar-refractivity contribution in [3.63, 3.8) is 0 Å². The molecule has 1 aliphatic carbocycles. The lowest BCUT2D eigenvalue weighted by atomic mass is 9.90. The maximum absolute atomic E-state index is 13.6. The Bertz CT molecular complexity index is 1340. The summed E-state index contributed by atoms with van der Waals surface area (Å²) in [6, 6.07) is 19.4. The van der Waals surface area contributed by atoms with Gasteiger partial charge in [0.2, 0.25) is 0 Å². The molecule has 0 unspecified atom stereocenters. The lowest BCUT2D eigenvalue weighted by molar-refractivity contribution is -0.142. The molecule has 7 nitrogen and oxygen atoms in total. The van der Waals surface area contributed by atoms with E-state index in [1.807, 2.05) is 24.3 Å². The monoisotopic (exact) mass is 485 g/mol. The van der Waals surface area contributed by atoms with Crippen molar-refractivity contribution in [1.29, 1.82) is 0 Å². The van der Waals surface area contributed by atoms with Gasteiger partial charge in [-0.1, -0.05) is 54.6 Å². The smallest absolute Gasteiger partial charge is 0.264 e. The van der Waals surface area contributed by atoms with Crippen LogP contribution in [0.15, 0.2) is 60.7 Å². The number of aliphatic hydroxyl groups excluding tert-OH is 1. The Morgan fingerprint density at radius 2 is 1.72 bits per heavy atom. The summed E-state index contributed by atoms with van der Waals surface area (Å²) >= 11 is 0. The van der Waals surface area contributed by atoms with Crippen molar-refractivity contribution in [2.45, 2.75) is 43.1 Å². The third-order valence-corrected chi connectivity index (χ3v) is 8.17. The van der Waals surface area contributed by atoms with Gasteiger partial charge in [-0.25, -0.2) is 0 Å². The van der Waals surface area contributed by atoms with Crippen molar-refractivity contribution < 1.29 is 19.8 Å². The van der Waals surface area contributed by atoms with Crippen molar-refractivity contribution in [2.24, 2.45) is 0 Å². The van der Waals surface area contributed by atoms with E-state index in [4.69, 9.17) is 0 Å². The van der Waals surface area contributed by atoms with Crippen LogP contribution in [0.25, 0.3) is 10.8 Å². The molecule has 0 radical (unpaired) electrons. The minimum absolute atomic E-state index is 0.0833. The number of likely N-dealkylation sites (N-methyl/N-ethyl adjacent to an activating group) is 1. The first-order valence-corrected chi connectivity index (χ1v) is 12.7. The molecule has 3 aromatic carbocycles. The van der Waals surface area contributed by atoms with Crippen LogP contribution in [0.4, 0.5) is 5.69 Å². The van der Waals surface area contributed by atoms with Crippen molar-refractivity contribution >= 4 is 28.2 Å². The van der Waals surface area contributed by atoms with E-state index in [1.54, 1.807) is 24.1 Å². The predicted octanol–water partition coefficient (Wildman–Crippen LogP) is 2.81. The van der Waals surface area contributed by atoms with Gasteiger partial charge in [-0.3, -0.25) is 14.5 Å². The van der Waals surface area contributed by atoms with Crippen LogP contribution >= 0.6 is 0 Å². The maximum atomic E-state index is 13.6. The maximum Gasteiger partial charge on any atom is 0.264 e. The lowest BCUT2D eigenvalue weighted by Crippen LogP contribution is -2.51. The number of rotatable bonds is 6. The number of ketones is 1. The Hall–Kier alpha value is -3.10. The second-order valence-corrected chi connectivity index (χ2v) is 10.2. The van der Waals surface area contributed by atoms with Gasteiger partial charge in [-0.2, -0.15) is 0 Å². The standard InChI is InChI=1S/C29H31N3O4/c1-30-17-20(33)16-29(36)23-10-2-3-11-24(23)32(28(29)35)19-12-14-31(15-13-19)26-21-8-4-6-18-7-5-9-22(25(18)21)27(26)34/h2-11,19,26-27,30,34,36H,12-17H2,1H3/t26-,27-,29-/m0/s1. The summed E-state index contributed by atoms with van der Waals surface area (Å²) in [4.78, 5) is 30.1. The van der Waals surface area contributed by atoms with Crippen LogP contribution < -0.4 is 10.2 Å². The largest absolute Gasteiger partial charge is 0.386 e. The first-order valence-electron chi connectivity index (χ1n) is 12.7. The highest BCUT2D eigenvalue weighted by molar-refractivity contribution is 6.09. The summed E-state index contributed by atoms with van der Waals surface area (Å²) in [5.41, 5.74) is 1.51. The number of para-hydroxylation sites is 1. The molecule has 7 heteroatoms. The summed E-state index contributed by atoms with van der Waals surface area (Å²) in [6.07, 6.45) is 0.613. The number of fused-ring (bicyclic) bond motifs is 1. The number of Topliss-reactive ketones (excluding diaryl/α,β-unsaturated/α-hetero) is 1. The molecule has 2 aliphatic heterocycles. The van der Waals surface area contributed by atoms with Crippen LogP contribution in [-0.2, 0) is 15.2 Å². The Balaban J connectivity index is 1.24. The van der Waals surface area contributed by atoms with Crippen molar-refractivity contribution in [1.82, 2.24) is 10.2 Å². The van der Waals surface area contributed by atoms with Crippen LogP contribution in [0.2, 0.25) is 0 Å². The quantitative estimate of drug-likeness (QED) is 0.497. The molecule has 2 heterocycles. The second kappa shape index (κ2) is 8.78. The number of likely N-dealkylation sites (tertiary alicyclic amines) is 1. The molecule has 3 N–H and O–H groups in total. The Morgan fingerprint density at radius 1 is 1.03 bits per heavy atom. The summed E-state index contributed by atoms with van der Waals surface area (Å²) in [7, 11) is 1.67. The number of nitrogens with zero attached hydrogens (tertiary/aromatic N) is 2. The van der Waals surface area contributed by atoms with Gasteiger partial charge in [0, 0.05) is 31.1 Å². The SMILES string of the molecule is CNCC(=O)C[C@@]1(O)C(=O)N(C2CCN([C@H]3c4cccc5cccc(c45)[C@@H]3O)CC2)c2ccccc21. The third kappa shape index (κ3) is 3.42. The van der Waals surface area contributed by atoms with Gasteiger partial charge < -0.3 is 20.4 Å². The molecule has 3 aromatic rings. The number of piperidine rings is 1. The van der Waals surface area contributed by atoms with Crippen LogP contribution in [-0.4, -0.2) is 59.5 Å². The molecule has 1 saturated heterocycles. The predicted molar refractivity (Wildman–Crippen MR) is 138 cm³/mol. The van der Waals surface area contributed by atoms with E-state index in [0.29, 0.717) is 11.3 Å². The summed E-state index contributed by atoms with van der Waals surface area (Å²) < 4.78 is 0. The van der Waals surface area contributed by atoms with Gasteiger partial charge in [0.05, 0.1) is 24.4 Å². The topological polar surface area (TPSA) is 93.1 Å². The minimum Gasteiger partial charge on any atom is -0.386 e. The number of hydrogen-bond donors (Lipinski definition) is 3. The Kier molecular flexibility index (Phi) is 5.68. The molecule has 186 valence electrons. The molecule has 0 aromatic heterocycles. The van der Waals surface area contributed by atoms with Crippen LogP contribution in [0, 0.1) is 0 Å². The van der Waals surface area contributed by atoms with Crippen LogP contribution in [0.5, 0.6) is 0 Å². The average molecular weight is 486 g/mol. The fourth-order valence-corrected chi connectivity index (χ4v) is 6.59. The third-order valence-electron chi connectivity index (χ3n) is 8.17.